The van der Waals surface area contributed by atoms with Gasteiger partial charge in [-0.15, -0.1) is 0 Å². The number of fused-ring (bicyclic) bond motifs is 3. The van der Waals surface area contributed by atoms with Gasteiger partial charge in [0.25, 0.3) is 0 Å². The number of aromatic nitrogens is 3. The van der Waals surface area contributed by atoms with Gasteiger partial charge in [-0.3, -0.25) is 0 Å². The van der Waals surface area contributed by atoms with Gasteiger partial charge in [-0.25, -0.2) is 4.98 Å². The van der Waals surface area contributed by atoms with Crippen LogP contribution < -0.4 is 4.90 Å². The van der Waals surface area contributed by atoms with Crippen LogP contribution >= 0.6 is 0 Å². The maximum absolute atomic E-state index is 5.97. The molecule has 0 amide bonds. The van der Waals surface area contributed by atoms with Gasteiger partial charge in [0.1, 0.15) is 5.82 Å². The molecule has 1 aliphatic rings. The van der Waals surface area contributed by atoms with Gasteiger partial charge in [0.05, 0.1) is 25.1 Å². The molecule has 0 spiro atoms. The molecule has 1 atom stereocenters. The number of nitrogens with zero attached hydrogens (tertiary/aromatic N) is 4. The van der Waals surface area contributed by atoms with Crippen molar-refractivity contribution in [3.8, 4) is 0 Å². The van der Waals surface area contributed by atoms with Gasteiger partial charge in [0.2, 0.25) is 0 Å². The van der Waals surface area contributed by atoms with Crippen LogP contribution in [-0.2, 0) is 24.4 Å². The molecule has 0 saturated heterocycles. The van der Waals surface area contributed by atoms with Crippen LogP contribution in [0.3, 0.4) is 0 Å². The Labute approximate surface area is 148 Å². The summed E-state index contributed by atoms with van der Waals surface area (Å²) < 4.78 is 7.95. The van der Waals surface area contributed by atoms with Crippen molar-refractivity contribution >= 4 is 11.5 Å². The zero-order valence-corrected chi connectivity index (χ0v) is 14.9. The molecule has 1 aromatic carbocycles. The highest BCUT2D eigenvalue weighted by Crippen LogP contribution is 2.33. The van der Waals surface area contributed by atoms with Gasteiger partial charge in [-0.1, -0.05) is 37.3 Å². The van der Waals surface area contributed by atoms with E-state index in [2.05, 4.69) is 36.0 Å². The molecule has 0 radical (unpaired) electrons. The summed E-state index contributed by atoms with van der Waals surface area (Å²) in [5, 5.41) is 4.50. The number of anilines is 1. The Kier molecular flexibility index (Phi) is 4.40. The Hall–Kier alpha value is -2.40. The zero-order valence-electron chi connectivity index (χ0n) is 14.9. The fourth-order valence-electron chi connectivity index (χ4n) is 3.50. The number of hydrogen-bond acceptors (Lipinski definition) is 4. The summed E-state index contributed by atoms with van der Waals surface area (Å²) in [6.45, 7) is 6.67. The molecule has 1 aliphatic heterocycles. The molecule has 0 bridgehead atoms. The lowest BCUT2D eigenvalue weighted by molar-refractivity contribution is 0.104. The second-order valence-electron chi connectivity index (χ2n) is 6.64. The van der Waals surface area contributed by atoms with E-state index < -0.39 is 0 Å². The highest BCUT2D eigenvalue weighted by Gasteiger charge is 2.29. The lowest BCUT2D eigenvalue weighted by atomic mass is 10.2. The van der Waals surface area contributed by atoms with Crippen molar-refractivity contribution in [2.24, 2.45) is 0 Å². The SMILES string of the molecule is CCC(C)N1CCc2c(COCc3ccccc3)nc3ccnn3c21. The van der Waals surface area contributed by atoms with E-state index in [0.29, 0.717) is 19.3 Å². The first-order valence-electron chi connectivity index (χ1n) is 9.01. The van der Waals surface area contributed by atoms with Crippen molar-refractivity contribution in [2.45, 2.75) is 45.9 Å². The van der Waals surface area contributed by atoms with Crippen LogP contribution in [0.5, 0.6) is 0 Å². The van der Waals surface area contributed by atoms with Crippen molar-refractivity contribution in [3.63, 3.8) is 0 Å². The van der Waals surface area contributed by atoms with Crippen molar-refractivity contribution < 1.29 is 4.74 Å². The highest BCUT2D eigenvalue weighted by atomic mass is 16.5. The van der Waals surface area contributed by atoms with Gasteiger partial charge in [0.15, 0.2) is 5.65 Å². The molecule has 0 aliphatic carbocycles. The van der Waals surface area contributed by atoms with E-state index in [1.54, 1.807) is 0 Å². The van der Waals surface area contributed by atoms with Gasteiger partial charge < -0.3 is 9.64 Å². The van der Waals surface area contributed by atoms with E-state index in [1.807, 2.05) is 35.0 Å². The third-order valence-corrected chi connectivity index (χ3v) is 5.04. The first-order valence-corrected chi connectivity index (χ1v) is 9.01. The Morgan fingerprint density at radius 2 is 2.00 bits per heavy atom. The zero-order chi connectivity index (χ0) is 17.2. The monoisotopic (exact) mass is 336 g/mol. The predicted octanol–water partition coefficient (Wildman–Crippen LogP) is 3.61. The summed E-state index contributed by atoms with van der Waals surface area (Å²) in [4.78, 5) is 7.26. The quantitative estimate of drug-likeness (QED) is 0.690. The van der Waals surface area contributed by atoms with Crippen LogP contribution in [0.1, 0.15) is 37.1 Å². The number of rotatable bonds is 6. The molecular formula is C20H24N4O. The largest absolute Gasteiger partial charge is 0.370 e. The van der Waals surface area contributed by atoms with Gasteiger partial charge in [0, 0.05) is 24.2 Å². The van der Waals surface area contributed by atoms with Crippen LogP contribution in [0.2, 0.25) is 0 Å². The molecule has 5 heteroatoms. The van der Waals surface area contributed by atoms with E-state index in [-0.39, 0.29) is 0 Å². The third-order valence-electron chi connectivity index (χ3n) is 5.04. The van der Waals surface area contributed by atoms with Crippen LogP contribution in [0.4, 0.5) is 5.82 Å². The Balaban J connectivity index is 1.62. The minimum atomic E-state index is 0.495. The lowest BCUT2D eigenvalue weighted by Gasteiger charge is -2.26. The molecule has 3 heterocycles. The highest BCUT2D eigenvalue weighted by molar-refractivity contribution is 5.60. The standard InChI is InChI=1S/C20H24N4O/c1-3-15(2)23-12-10-17-18(14-25-13-16-7-5-4-6-8-16)22-19-9-11-21-24(19)20(17)23/h4-9,11,15H,3,10,12-14H2,1-2H3. The van der Waals surface area contributed by atoms with Crippen molar-refractivity contribution in [2.75, 3.05) is 11.4 Å². The smallest absolute Gasteiger partial charge is 0.157 e. The number of ether oxygens (including phenoxy) is 1. The fourth-order valence-corrected chi connectivity index (χ4v) is 3.50. The fraction of sp³-hybridized carbons (Fsp3) is 0.400. The molecular weight excluding hydrogens is 312 g/mol. The van der Waals surface area contributed by atoms with E-state index >= 15 is 0 Å². The Morgan fingerprint density at radius 1 is 1.16 bits per heavy atom. The maximum Gasteiger partial charge on any atom is 0.157 e. The molecule has 0 fully saturated rings. The van der Waals surface area contributed by atoms with Crippen molar-refractivity contribution in [1.82, 2.24) is 14.6 Å². The third kappa shape index (κ3) is 3.00. The van der Waals surface area contributed by atoms with Crippen molar-refractivity contribution in [1.29, 1.82) is 0 Å². The van der Waals surface area contributed by atoms with E-state index in [9.17, 15) is 0 Å². The van der Waals surface area contributed by atoms with E-state index in [1.165, 1.54) is 16.9 Å². The average molecular weight is 336 g/mol. The summed E-state index contributed by atoms with van der Waals surface area (Å²) in [6, 6.07) is 12.7. The Bertz CT molecular complexity index is 859. The number of hydrogen-bond donors (Lipinski definition) is 0. The molecule has 4 rings (SSSR count). The summed E-state index contributed by atoms with van der Waals surface area (Å²) in [6.07, 6.45) is 3.95. The van der Waals surface area contributed by atoms with Crippen molar-refractivity contribution in [3.05, 3.63) is 59.4 Å². The molecule has 5 nitrogen and oxygen atoms in total. The first-order chi connectivity index (χ1) is 12.3. The molecule has 0 saturated carbocycles. The summed E-state index contributed by atoms with van der Waals surface area (Å²) >= 11 is 0. The van der Waals surface area contributed by atoms with E-state index in [4.69, 9.17) is 9.72 Å². The second kappa shape index (κ2) is 6.84. The van der Waals surface area contributed by atoms with E-state index in [0.717, 1.165) is 30.7 Å². The normalized spacial score (nSPS) is 14.9. The predicted molar refractivity (Wildman–Crippen MR) is 98.7 cm³/mol. The van der Waals surface area contributed by atoms with Gasteiger partial charge in [-0.05, 0) is 25.3 Å². The molecule has 1 unspecified atom stereocenters. The average Bonchev–Trinajstić information content (AvgIpc) is 3.28. The van der Waals surface area contributed by atoms with Crippen LogP contribution in [0.15, 0.2) is 42.6 Å². The molecule has 0 N–H and O–H groups in total. The Morgan fingerprint density at radius 3 is 2.80 bits per heavy atom. The van der Waals surface area contributed by atoms with Crippen LogP contribution in [0, 0.1) is 0 Å². The summed E-state index contributed by atoms with van der Waals surface area (Å²) in [5.74, 6) is 1.20. The minimum absolute atomic E-state index is 0.495. The lowest BCUT2D eigenvalue weighted by Crippen LogP contribution is -2.32. The molecule has 25 heavy (non-hydrogen) atoms. The molecule has 130 valence electrons. The molecule has 2 aromatic heterocycles. The topological polar surface area (TPSA) is 42.7 Å². The maximum atomic E-state index is 5.97. The van der Waals surface area contributed by atoms with Gasteiger partial charge >= 0.3 is 0 Å². The van der Waals surface area contributed by atoms with Crippen LogP contribution in [-0.4, -0.2) is 27.2 Å². The second-order valence-corrected chi connectivity index (χ2v) is 6.64. The van der Waals surface area contributed by atoms with Gasteiger partial charge in [-0.2, -0.15) is 9.61 Å². The molecule has 3 aromatic rings. The first kappa shape index (κ1) is 16.1. The summed E-state index contributed by atoms with van der Waals surface area (Å²) in [5.41, 5.74) is 4.41. The summed E-state index contributed by atoms with van der Waals surface area (Å²) in [7, 11) is 0. The number of benzene rings is 1. The minimum Gasteiger partial charge on any atom is -0.370 e. The van der Waals surface area contributed by atoms with Crippen LogP contribution in [0.25, 0.3) is 5.65 Å².